The Labute approximate surface area is 146 Å². The molecule has 0 aromatic carbocycles. The maximum absolute atomic E-state index is 7.17. The number of hydrogen-bond acceptors (Lipinski definition) is 14. The summed E-state index contributed by atoms with van der Waals surface area (Å²) < 4.78 is 0. The highest BCUT2D eigenvalue weighted by atomic mass is 16.5. The Hall–Kier alpha value is -0.880. The Morgan fingerprint density at radius 3 is 1.12 bits per heavy atom. The zero-order valence-corrected chi connectivity index (χ0v) is 13.8. The summed E-state index contributed by atoms with van der Waals surface area (Å²) in [5.74, 6) is 0. The standard InChI is InChI=1S/C7H14N2.4BH3O3/c1-3-4-9-6-5-8(2)7-9;4*2-1(3)4/h5-6H,3-4,7H2,1-2H3;4*2-4H. The van der Waals surface area contributed by atoms with Crippen molar-refractivity contribution < 1.29 is 60.3 Å². The maximum Gasteiger partial charge on any atom is 0.631 e. The van der Waals surface area contributed by atoms with Gasteiger partial charge in [-0.15, -0.1) is 0 Å². The minimum atomic E-state index is -2.17. The average Bonchev–Trinajstić information content (AvgIpc) is 2.72. The second-order valence-electron chi connectivity index (χ2n) is 3.89. The number of nitrogens with zero attached hydrogens (tertiary/aromatic N) is 2. The topological polar surface area (TPSA) is 249 Å². The molecule has 0 amide bonds. The number of hydrogen-bond donors (Lipinski definition) is 12. The summed E-state index contributed by atoms with van der Waals surface area (Å²) in [7, 11) is -6.58. The van der Waals surface area contributed by atoms with E-state index in [2.05, 4.69) is 36.2 Å². The first-order valence-corrected chi connectivity index (χ1v) is 6.55. The van der Waals surface area contributed by atoms with Crippen LogP contribution in [0.4, 0.5) is 0 Å². The Kier molecular flexibility index (Phi) is 29.5. The molecular weight excluding hydrogens is 347 g/mol. The fourth-order valence-electron chi connectivity index (χ4n) is 1.02. The highest BCUT2D eigenvalue weighted by molar-refractivity contribution is 6.31. The molecule has 0 radical (unpaired) electrons. The summed E-state index contributed by atoms with van der Waals surface area (Å²) in [4.78, 5) is 4.48. The van der Waals surface area contributed by atoms with Crippen LogP contribution in [0, 0.1) is 0 Å². The van der Waals surface area contributed by atoms with Gasteiger partial charge in [-0.1, -0.05) is 6.92 Å². The van der Waals surface area contributed by atoms with E-state index in [0.29, 0.717) is 0 Å². The Morgan fingerprint density at radius 1 is 0.680 bits per heavy atom. The SMILES string of the molecule is CCCN1C=CN(C)C1.OB(O)O.OB(O)O.OB(O)O.OB(O)O. The van der Waals surface area contributed by atoms with E-state index < -0.39 is 29.3 Å². The molecule has 12 N–H and O–H groups in total. The molecule has 0 saturated heterocycles. The van der Waals surface area contributed by atoms with Crippen LogP contribution in [-0.4, -0.2) is 120 Å². The van der Waals surface area contributed by atoms with Crippen LogP contribution >= 0.6 is 0 Å². The lowest BCUT2D eigenvalue weighted by molar-refractivity contribution is 0.276. The van der Waals surface area contributed by atoms with E-state index in [1.54, 1.807) is 0 Å². The summed E-state index contributed by atoms with van der Waals surface area (Å²) >= 11 is 0. The molecule has 0 bridgehead atoms. The lowest BCUT2D eigenvalue weighted by Gasteiger charge is -2.16. The van der Waals surface area contributed by atoms with Gasteiger partial charge < -0.3 is 70.1 Å². The van der Waals surface area contributed by atoms with Gasteiger partial charge in [0.25, 0.3) is 0 Å². The Bertz CT molecular complexity index is 241. The monoisotopic (exact) mass is 374 g/mol. The predicted octanol–water partition coefficient (Wildman–Crippen LogP) is -7.13. The van der Waals surface area contributed by atoms with Crippen LogP contribution in [0.5, 0.6) is 0 Å². The molecule has 0 spiro atoms. The second-order valence-corrected chi connectivity index (χ2v) is 3.89. The Balaban J connectivity index is -0.000000119. The molecule has 148 valence electrons. The minimum absolute atomic E-state index is 1.06. The first-order valence-electron chi connectivity index (χ1n) is 6.55. The molecule has 0 aromatic heterocycles. The predicted molar refractivity (Wildman–Crippen MR) is 88.4 cm³/mol. The van der Waals surface area contributed by atoms with Crippen molar-refractivity contribution >= 4 is 29.3 Å². The molecule has 0 unspecified atom stereocenters. The third-order valence-corrected chi connectivity index (χ3v) is 1.45. The number of rotatable bonds is 2. The van der Waals surface area contributed by atoms with Crippen LogP contribution in [0.25, 0.3) is 0 Å². The highest BCUT2D eigenvalue weighted by Crippen LogP contribution is 2.02. The molecule has 0 atom stereocenters. The van der Waals surface area contributed by atoms with Crippen molar-refractivity contribution in [1.29, 1.82) is 0 Å². The van der Waals surface area contributed by atoms with Crippen molar-refractivity contribution in [1.82, 2.24) is 9.80 Å². The van der Waals surface area contributed by atoms with Crippen LogP contribution < -0.4 is 0 Å². The van der Waals surface area contributed by atoms with Crippen LogP contribution in [0.2, 0.25) is 0 Å². The molecule has 14 nitrogen and oxygen atoms in total. The van der Waals surface area contributed by atoms with Crippen LogP contribution in [0.1, 0.15) is 13.3 Å². The normalized spacial score (nSPS) is 10.6. The van der Waals surface area contributed by atoms with E-state index in [0.717, 1.165) is 6.67 Å². The largest absolute Gasteiger partial charge is 0.631 e. The van der Waals surface area contributed by atoms with Crippen molar-refractivity contribution in [3.05, 3.63) is 12.4 Å². The molecule has 1 aliphatic rings. The molecule has 0 aliphatic carbocycles. The summed E-state index contributed by atoms with van der Waals surface area (Å²) in [5.41, 5.74) is 0. The molecule has 0 saturated carbocycles. The van der Waals surface area contributed by atoms with Crippen LogP contribution in [-0.2, 0) is 0 Å². The van der Waals surface area contributed by atoms with Crippen molar-refractivity contribution in [2.75, 3.05) is 20.3 Å². The summed E-state index contributed by atoms with van der Waals surface area (Å²) in [6, 6.07) is 0. The molecule has 0 aromatic rings. The van der Waals surface area contributed by atoms with Gasteiger partial charge in [-0.3, -0.25) is 0 Å². The molecule has 1 aliphatic heterocycles. The van der Waals surface area contributed by atoms with Crippen LogP contribution in [0.3, 0.4) is 0 Å². The maximum atomic E-state index is 7.17. The fourth-order valence-corrected chi connectivity index (χ4v) is 1.02. The third kappa shape index (κ3) is 83.4. The molecule has 25 heavy (non-hydrogen) atoms. The molecule has 18 heteroatoms. The van der Waals surface area contributed by atoms with Crippen LogP contribution in [0.15, 0.2) is 12.4 Å². The average molecular weight is 374 g/mol. The van der Waals surface area contributed by atoms with Crippen molar-refractivity contribution in [3.63, 3.8) is 0 Å². The van der Waals surface area contributed by atoms with Gasteiger partial charge in [0.2, 0.25) is 0 Å². The van der Waals surface area contributed by atoms with E-state index in [9.17, 15) is 0 Å². The molecular formula is C7H26B4N2O12. The van der Waals surface area contributed by atoms with E-state index in [-0.39, 0.29) is 0 Å². The van der Waals surface area contributed by atoms with Crippen molar-refractivity contribution in [3.8, 4) is 0 Å². The first-order chi connectivity index (χ1) is 11.3. The van der Waals surface area contributed by atoms with E-state index in [1.807, 2.05) is 0 Å². The van der Waals surface area contributed by atoms with Gasteiger partial charge in [-0.25, -0.2) is 0 Å². The smallest absolute Gasteiger partial charge is 0.402 e. The first kappa shape index (κ1) is 31.8. The fraction of sp³-hybridized carbons (Fsp3) is 0.714. The quantitative estimate of drug-likeness (QED) is 0.201. The lowest BCUT2D eigenvalue weighted by atomic mass is 10.3. The Morgan fingerprint density at radius 2 is 0.960 bits per heavy atom. The van der Waals surface area contributed by atoms with E-state index >= 15 is 0 Å². The summed E-state index contributed by atoms with van der Waals surface area (Å²) in [6.45, 7) is 4.45. The van der Waals surface area contributed by atoms with Gasteiger partial charge >= 0.3 is 29.3 Å². The third-order valence-electron chi connectivity index (χ3n) is 1.45. The zero-order chi connectivity index (χ0) is 21.0. The highest BCUT2D eigenvalue weighted by Gasteiger charge is 2.04. The van der Waals surface area contributed by atoms with Crippen molar-refractivity contribution in [2.24, 2.45) is 0 Å². The van der Waals surface area contributed by atoms with Gasteiger partial charge in [0.1, 0.15) is 0 Å². The van der Waals surface area contributed by atoms with Gasteiger partial charge in [-0.2, -0.15) is 0 Å². The van der Waals surface area contributed by atoms with Gasteiger partial charge in [0.05, 0.1) is 6.67 Å². The summed E-state index contributed by atoms with van der Waals surface area (Å²) in [6.07, 6.45) is 5.48. The zero-order valence-electron chi connectivity index (χ0n) is 13.8. The second kappa shape index (κ2) is 23.1. The van der Waals surface area contributed by atoms with E-state index in [4.69, 9.17) is 60.3 Å². The van der Waals surface area contributed by atoms with E-state index in [1.165, 1.54) is 13.0 Å². The minimum Gasteiger partial charge on any atom is -0.402 e. The van der Waals surface area contributed by atoms with Crippen molar-refractivity contribution in [2.45, 2.75) is 13.3 Å². The summed E-state index contributed by atoms with van der Waals surface area (Å²) in [5, 5.41) is 86.0. The molecule has 1 heterocycles. The van der Waals surface area contributed by atoms with Gasteiger partial charge in [-0.05, 0) is 6.42 Å². The van der Waals surface area contributed by atoms with Gasteiger partial charge in [0, 0.05) is 26.0 Å². The van der Waals surface area contributed by atoms with Gasteiger partial charge in [0.15, 0.2) is 0 Å². The molecule has 1 rings (SSSR count). The lowest BCUT2D eigenvalue weighted by Crippen LogP contribution is -2.22. The molecule has 0 fully saturated rings.